The third-order valence-electron chi connectivity index (χ3n) is 2.60. The van der Waals surface area contributed by atoms with Gasteiger partial charge in [-0.2, -0.15) is 5.10 Å². The number of aryl methyl sites for hydroxylation is 1. The Hall–Kier alpha value is -1.85. The molecule has 0 unspecified atom stereocenters. The lowest BCUT2D eigenvalue weighted by Crippen LogP contribution is -2.33. The monoisotopic (exact) mass is 253 g/mol. The van der Waals surface area contributed by atoms with Gasteiger partial charge < -0.3 is 10.4 Å². The van der Waals surface area contributed by atoms with Crippen LogP contribution in [0, 0.1) is 13.8 Å². The second kappa shape index (κ2) is 5.66. The Kier molecular flexibility index (Phi) is 4.47. The van der Waals surface area contributed by atoms with E-state index in [-0.39, 0.29) is 24.9 Å². The van der Waals surface area contributed by atoms with Gasteiger partial charge in [0.15, 0.2) is 0 Å². The summed E-state index contributed by atoms with van der Waals surface area (Å²) in [6.07, 6.45) is -0.0660. The van der Waals surface area contributed by atoms with E-state index in [1.807, 2.05) is 13.8 Å². The maximum Gasteiger partial charge on any atom is 0.307 e. The molecule has 0 aromatic carbocycles. The number of carbonyl (C=O) groups is 2. The summed E-state index contributed by atoms with van der Waals surface area (Å²) < 4.78 is 1.55. The number of aromatic nitrogens is 2. The fraction of sp³-hybridized carbons (Fsp3) is 0.583. The Labute approximate surface area is 106 Å². The molecule has 0 aliphatic carbocycles. The summed E-state index contributed by atoms with van der Waals surface area (Å²) in [4.78, 5) is 22.4. The number of hydrogen-bond acceptors (Lipinski definition) is 3. The molecule has 0 spiro atoms. The minimum Gasteiger partial charge on any atom is -0.481 e. The second-order valence-electron chi connectivity index (χ2n) is 4.60. The van der Waals surface area contributed by atoms with Crippen LogP contribution in [0.5, 0.6) is 0 Å². The predicted molar refractivity (Wildman–Crippen MR) is 66.3 cm³/mol. The van der Waals surface area contributed by atoms with Gasteiger partial charge in [0, 0.05) is 17.3 Å². The van der Waals surface area contributed by atoms with Gasteiger partial charge in [-0.05, 0) is 27.7 Å². The summed E-state index contributed by atoms with van der Waals surface area (Å²) in [6, 6.07) is 0.0768. The molecule has 0 fully saturated rings. The number of rotatable bonds is 5. The quantitative estimate of drug-likeness (QED) is 0.807. The van der Waals surface area contributed by atoms with Crippen molar-refractivity contribution < 1.29 is 14.7 Å². The predicted octanol–water partition coefficient (Wildman–Crippen LogP) is 0.652. The van der Waals surface area contributed by atoms with Gasteiger partial charge in [0.1, 0.15) is 6.54 Å². The van der Waals surface area contributed by atoms with Crippen LogP contribution < -0.4 is 5.32 Å². The standard InChI is InChI=1S/C12H19N3O3/c1-7(2)13-11(16)6-15-9(4)10(5-12(17)18)8(3)14-15/h7H,5-6H2,1-4H3,(H,13,16)(H,17,18). The van der Waals surface area contributed by atoms with Crippen molar-refractivity contribution in [3.8, 4) is 0 Å². The van der Waals surface area contributed by atoms with Crippen LogP contribution in [0.2, 0.25) is 0 Å². The highest BCUT2D eigenvalue weighted by Gasteiger charge is 2.16. The Bertz CT molecular complexity index is 463. The van der Waals surface area contributed by atoms with Gasteiger partial charge in [0.25, 0.3) is 0 Å². The lowest BCUT2D eigenvalue weighted by molar-refractivity contribution is -0.136. The van der Waals surface area contributed by atoms with Crippen LogP contribution in [0.15, 0.2) is 0 Å². The first-order valence-electron chi connectivity index (χ1n) is 5.85. The average Bonchev–Trinajstić information content (AvgIpc) is 2.44. The highest BCUT2D eigenvalue weighted by Crippen LogP contribution is 2.13. The zero-order chi connectivity index (χ0) is 13.9. The molecule has 0 saturated heterocycles. The van der Waals surface area contributed by atoms with Gasteiger partial charge in [-0.25, -0.2) is 0 Å². The van der Waals surface area contributed by atoms with E-state index in [1.165, 1.54) is 0 Å². The molecule has 18 heavy (non-hydrogen) atoms. The first kappa shape index (κ1) is 14.2. The second-order valence-corrected chi connectivity index (χ2v) is 4.60. The first-order chi connectivity index (χ1) is 8.31. The SMILES string of the molecule is Cc1nn(CC(=O)NC(C)C)c(C)c1CC(=O)O. The maximum atomic E-state index is 11.6. The number of hydrogen-bond donors (Lipinski definition) is 2. The van der Waals surface area contributed by atoms with E-state index in [0.29, 0.717) is 11.3 Å². The molecule has 1 amide bonds. The van der Waals surface area contributed by atoms with E-state index >= 15 is 0 Å². The van der Waals surface area contributed by atoms with Gasteiger partial charge in [-0.1, -0.05) is 0 Å². The Morgan fingerprint density at radius 3 is 2.50 bits per heavy atom. The van der Waals surface area contributed by atoms with Gasteiger partial charge in [-0.15, -0.1) is 0 Å². The van der Waals surface area contributed by atoms with Gasteiger partial charge >= 0.3 is 5.97 Å². The number of carboxylic acid groups (broad SMARTS) is 1. The van der Waals surface area contributed by atoms with E-state index in [9.17, 15) is 9.59 Å². The fourth-order valence-corrected chi connectivity index (χ4v) is 1.80. The Balaban J connectivity index is 2.85. The van der Waals surface area contributed by atoms with Crippen LogP contribution in [0.1, 0.15) is 30.8 Å². The zero-order valence-corrected chi connectivity index (χ0v) is 11.1. The van der Waals surface area contributed by atoms with Crippen molar-refractivity contribution in [3.05, 3.63) is 17.0 Å². The van der Waals surface area contributed by atoms with Crippen LogP contribution in [-0.2, 0) is 22.6 Å². The number of carboxylic acids is 1. The largest absolute Gasteiger partial charge is 0.481 e. The van der Waals surface area contributed by atoms with E-state index in [1.54, 1.807) is 18.5 Å². The Morgan fingerprint density at radius 2 is 2.00 bits per heavy atom. The lowest BCUT2D eigenvalue weighted by atomic mass is 10.1. The molecule has 0 saturated carbocycles. The van der Waals surface area contributed by atoms with Gasteiger partial charge in [0.05, 0.1) is 12.1 Å². The molecule has 1 aromatic rings. The number of carbonyl (C=O) groups excluding carboxylic acids is 1. The van der Waals surface area contributed by atoms with Crippen LogP contribution in [-0.4, -0.2) is 32.8 Å². The van der Waals surface area contributed by atoms with E-state index in [4.69, 9.17) is 5.11 Å². The smallest absolute Gasteiger partial charge is 0.307 e. The summed E-state index contributed by atoms with van der Waals surface area (Å²) in [6.45, 7) is 7.41. The van der Waals surface area contributed by atoms with Crippen LogP contribution in [0.25, 0.3) is 0 Å². The average molecular weight is 253 g/mol. The molecule has 1 aromatic heterocycles. The summed E-state index contributed by atoms with van der Waals surface area (Å²) in [5, 5.41) is 15.8. The van der Waals surface area contributed by atoms with Crippen LogP contribution >= 0.6 is 0 Å². The van der Waals surface area contributed by atoms with Gasteiger partial charge in [-0.3, -0.25) is 14.3 Å². The van der Waals surface area contributed by atoms with E-state index in [0.717, 1.165) is 5.69 Å². The van der Waals surface area contributed by atoms with Crippen molar-refractivity contribution in [2.75, 3.05) is 0 Å². The topological polar surface area (TPSA) is 84.2 Å². The number of nitrogens with zero attached hydrogens (tertiary/aromatic N) is 2. The molecule has 6 heteroatoms. The third kappa shape index (κ3) is 3.58. The van der Waals surface area contributed by atoms with Crippen molar-refractivity contribution in [3.63, 3.8) is 0 Å². The van der Waals surface area contributed by atoms with E-state index in [2.05, 4.69) is 10.4 Å². The van der Waals surface area contributed by atoms with Crippen LogP contribution in [0.3, 0.4) is 0 Å². The molecule has 2 N–H and O–H groups in total. The zero-order valence-electron chi connectivity index (χ0n) is 11.1. The van der Waals surface area contributed by atoms with Crippen molar-refractivity contribution in [2.24, 2.45) is 0 Å². The van der Waals surface area contributed by atoms with Gasteiger partial charge in [0.2, 0.25) is 5.91 Å². The molecule has 1 heterocycles. The minimum atomic E-state index is -0.896. The van der Waals surface area contributed by atoms with E-state index < -0.39 is 5.97 Å². The number of amides is 1. The van der Waals surface area contributed by atoms with Crippen LogP contribution in [0.4, 0.5) is 0 Å². The molecule has 0 atom stereocenters. The molecular formula is C12H19N3O3. The molecule has 6 nitrogen and oxygen atoms in total. The molecule has 0 bridgehead atoms. The number of nitrogens with one attached hydrogen (secondary N) is 1. The molecule has 1 rings (SSSR count). The maximum absolute atomic E-state index is 11.6. The summed E-state index contributed by atoms with van der Waals surface area (Å²) in [5.74, 6) is -1.02. The summed E-state index contributed by atoms with van der Waals surface area (Å²) >= 11 is 0. The number of aliphatic carboxylic acids is 1. The van der Waals surface area contributed by atoms with Crippen molar-refractivity contribution in [2.45, 2.75) is 46.7 Å². The third-order valence-corrected chi connectivity index (χ3v) is 2.60. The Morgan fingerprint density at radius 1 is 1.39 bits per heavy atom. The summed E-state index contributed by atoms with van der Waals surface area (Å²) in [5.41, 5.74) is 2.07. The molecule has 0 aliphatic heterocycles. The van der Waals surface area contributed by atoms with Crippen molar-refractivity contribution >= 4 is 11.9 Å². The summed E-state index contributed by atoms with van der Waals surface area (Å²) in [7, 11) is 0. The molecule has 0 radical (unpaired) electrons. The molecule has 0 aliphatic rings. The minimum absolute atomic E-state index is 0.0660. The van der Waals surface area contributed by atoms with Crippen molar-refractivity contribution in [1.82, 2.24) is 15.1 Å². The van der Waals surface area contributed by atoms with Crippen molar-refractivity contribution in [1.29, 1.82) is 0 Å². The first-order valence-corrected chi connectivity index (χ1v) is 5.85. The normalized spacial score (nSPS) is 10.7. The fourth-order valence-electron chi connectivity index (χ4n) is 1.80. The molecule has 100 valence electrons. The highest BCUT2D eigenvalue weighted by molar-refractivity contribution is 5.76. The lowest BCUT2D eigenvalue weighted by Gasteiger charge is -2.09. The molecular weight excluding hydrogens is 234 g/mol. The highest BCUT2D eigenvalue weighted by atomic mass is 16.4.